The van der Waals surface area contributed by atoms with Gasteiger partial charge in [-0.25, -0.2) is 0 Å². The van der Waals surface area contributed by atoms with Crippen LogP contribution in [0.1, 0.15) is 59.3 Å². The minimum Gasteiger partial charge on any atom is -0.344 e. The highest BCUT2D eigenvalue weighted by Crippen LogP contribution is 2.29. The van der Waals surface area contributed by atoms with Crippen molar-refractivity contribution in [2.24, 2.45) is 11.8 Å². The van der Waals surface area contributed by atoms with Crippen LogP contribution in [-0.2, 0) is 9.59 Å². The number of nitrogens with one attached hydrogen (secondary N) is 1. The van der Waals surface area contributed by atoms with E-state index in [1.165, 1.54) is 19.3 Å². The third kappa shape index (κ3) is 3.53. The first kappa shape index (κ1) is 15.3. The van der Waals surface area contributed by atoms with Crippen LogP contribution in [-0.4, -0.2) is 35.3 Å². The average molecular weight is 280 g/mol. The third-order valence-corrected chi connectivity index (χ3v) is 4.67. The first-order chi connectivity index (χ1) is 9.49. The average Bonchev–Trinajstić information content (AvgIpc) is 2.51. The van der Waals surface area contributed by atoms with E-state index >= 15 is 0 Å². The van der Waals surface area contributed by atoms with Gasteiger partial charge in [0.05, 0.1) is 0 Å². The Morgan fingerprint density at radius 1 is 1.25 bits per heavy atom. The van der Waals surface area contributed by atoms with Gasteiger partial charge in [-0.15, -0.1) is 0 Å². The Bertz CT molecular complexity index is 367. The zero-order chi connectivity index (χ0) is 14.7. The van der Waals surface area contributed by atoms with Crippen LogP contribution < -0.4 is 5.32 Å². The molecule has 3 atom stereocenters. The summed E-state index contributed by atoms with van der Waals surface area (Å²) in [6.07, 6.45) is 5.95. The van der Waals surface area contributed by atoms with Crippen molar-refractivity contribution in [2.75, 3.05) is 6.54 Å². The lowest BCUT2D eigenvalue weighted by molar-refractivity contribution is -0.137. The Morgan fingerprint density at radius 2 is 1.95 bits per heavy atom. The topological polar surface area (TPSA) is 49.4 Å². The highest BCUT2D eigenvalue weighted by molar-refractivity contribution is 5.90. The molecule has 2 amide bonds. The summed E-state index contributed by atoms with van der Waals surface area (Å²) < 4.78 is 0. The second kappa shape index (κ2) is 6.59. The van der Waals surface area contributed by atoms with Crippen LogP contribution in [0.3, 0.4) is 0 Å². The van der Waals surface area contributed by atoms with Gasteiger partial charge in [0.1, 0.15) is 6.04 Å². The van der Waals surface area contributed by atoms with Gasteiger partial charge < -0.3 is 10.2 Å². The summed E-state index contributed by atoms with van der Waals surface area (Å²) in [6, 6.07) is 0.0118. The van der Waals surface area contributed by atoms with E-state index in [9.17, 15) is 9.59 Å². The molecule has 1 N–H and O–H groups in total. The van der Waals surface area contributed by atoms with Crippen LogP contribution in [0.4, 0.5) is 0 Å². The second-order valence-corrected chi connectivity index (χ2v) is 6.86. The molecule has 2 aliphatic rings. The zero-order valence-electron chi connectivity index (χ0n) is 13.0. The summed E-state index contributed by atoms with van der Waals surface area (Å²) in [6.45, 7) is 7.03. The second-order valence-electron chi connectivity index (χ2n) is 6.86. The summed E-state index contributed by atoms with van der Waals surface area (Å²) >= 11 is 0. The van der Waals surface area contributed by atoms with Gasteiger partial charge in [0.2, 0.25) is 11.8 Å². The fourth-order valence-electron chi connectivity index (χ4n) is 3.58. The van der Waals surface area contributed by atoms with E-state index in [0.717, 1.165) is 12.8 Å². The molecule has 4 heteroatoms. The van der Waals surface area contributed by atoms with Crippen molar-refractivity contribution < 1.29 is 9.59 Å². The van der Waals surface area contributed by atoms with Gasteiger partial charge in [-0.3, -0.25) is 9.59 Å². The van der Waals surface area contributed by atoms with Crippen molar-refractivity contribution in [1.82, 2.24) is 10.2 Å². The number of carbonyl (C=O) groups excluding carboxylic acids is 2. The van der Waals surface area contributed by atoms with E-state index in [0.29, 0.717) is 30.8 Å². The van der Waals surface area contributed by atoms with Gasteiger partial charge in [-0.05, 0) is 31.1 Å². The molecule has 3 unspecified atom stereocenters. The maximum Gasteiger partial charge on any atom is 0.245 e. The number of rotatable bonds is 3. The molecule has 1 saturated carbocycles. The molecule has 0 spiro atoms. The first-order valence-corrected chi connectivity index (χ1v) is 8.09. The van der Waals surface area contributed by atoms with Crippen molar-refractivity contribution in [1.29, 1.82) is 0 Å². The number of carbonyl (C=O) groups is 2. The summed E-state index contributed by atoms with van der Waals surface area (Å²) in [5.74, 6) is 1.13. The molecule has 114 valence electrons. The van der Waals surface area contributed by atoms with Crippen molar-refractivity contribution in [2.45, 2.75) is 71.4 Å². The first-order valence-electron chi connectivity index (χ1n) is 8.09. The van der Waals surface area contributed by atoms with Crippen molar-refractivity contribution in [3.05, 3.63) is 0 Å². The smallest absolute Gasteiger partial charge is 0.245 e. The zero-order valence-corrected chi connectivity index (χ0v) is 13.0. The third-order valence-electron chi connectivity index (χ3n) is 4.67. The Kier molecular flexibility index (Phi) is 5.06. The quantitative estimate of drug-likeness (QED) is 0.862. The molecule has 0 aromatic heterocycles. The monoisotopic (exact) mass is 280 g/mol. The SMILES string of the molecule is CC(C)CC1NC(=O)CCN(C2CCCCC2C)C1=O. The number of nitrogens with zero attached hydrogens (tertiary/aromatic N) is 1. The predicted molar refractivity (Wildman–Crippen MR) is 79.1 cm³/mol. The van der Waals surface area contributed by atoms with E-state index in [1.807, 2.05) is 4.90 Å². The summed E-state index contributed by atoms with van der Waals surface area (Å²) in [5, 5.41) is 2.91. The highest BCUT2D eigenvalue weighted by Gasteiger charge is 2.36. The lowest BCUT2D eigenvalue weighted by Crippen LogP contribution is -2.51. The molecule has 1 heterocycles. The van der Waals surface area contributed by atoms with Crippen LogP contribution >= 0.6 is 0 Å². The van der Waals surface area contributed by atoms with Gasteiger partial charge in [0.25, 0.3) is 0 Å². The lowest BCUT2D eigenvalue weighted by atomic mass is 9.84. The van der Waals surface area contributed by atoms with Gasteiger partial charge in [-0.1, -0.05) is 33.6 Å². The van der Waals surface area contributed by atoms with Crippen molar-refractivity contribution in [3.63, 3.8) is 0 Å². The van der Waals surface area contributed by atoms with E-state index in [2.05, 4.69) is 26.1 Å². The molecule has 1 saturated heterocycles. The fraction of sp³-hybridized carbons (Fsp3) is 0.875. The van der Waals surface area contributed by atoms with Gasteiger partial charge in [-0.2, -0.15) is 0 Å². The minimum atomic E-state index is -0.320. The van der Waals surface area contributed by atoms with E-state index < -0.39 is 0 Å². The van der Waals surface area contributed by atoms with Crippen molar-refractivity contribution in [3.8, 4) is 0 Å². The van der Waals surface area contributed by atoms with Gasteiger partial charge in [0, 0.05) is 19.0 Å². The molecule has 0 aromatic rings. The normalized spacial score (nSPS) is 32.2. The molecule has 0 bridgehead atoms. The van der Waals surface area contributed by atoms with E-state index in [4.69, 9.17) is 0 Å². The molecule has 1 aliphatic carbocycles. The summed E-state index contributed by atoms with van der Waals surface area (Å²) in [5.41, 5.74) is 0. The molecule has 1 aliphatic heterocycles. The number of amides is 2. The van der Waals surface area contributed by atoms with Crippen LogP contribution in [0, 0.1) is 11.8 Å². The van der Waals surface area contributed by atoms with E-state index in [1.54, 1.807) is 0 Å². The lowest BCUT2D eigenvalue weighted by Gasteiger charge is -2.39. The number of hydrogen-bond donors (Lipinski definition) is 1. The van der Waals surface area contributed by atoms with Crippen molar-refractivity contribution >= 4 is 11.8 Å². The maximum atomic E-state index is 12.8. The molecular formula is C16H28N2O2. The molecule has 0 radical (unpaired) electrons. The Morgan fingerprint density at radius 3 is 2.60 bits per heavy atom. The molecule has 0 aromatic carbocycles. The van der Waals surface area contributed by atoms with Crippen LogP contribution in [0.25, 0.3) is 0 Å². The standard InChI is InChI=1S/C16H28N2O2/c1-11(2)10-13-16(20)18(9-8-15(19)17-13)14-7-5-4-6-12(14)3/h11-14H,4-10H2,1-3H3,(H,17,19). The highest BCUT2D eigenvalue weighted by atomic mass is 16.2. The molecule has 20 heavy (non-hydrogen) atoms. The largest absolute Gasteiger partial charge is 0.344 e. The Labute approximate surface area is 122 Å². The van der Waals surface area contributed by atoms with Crippen LogP contribution in [0.15, 0.2) is 0 Å². The van der Waals surface area contributed by atoms with Crippen LogP contribution in [0.2, 0.25) is 0 Å². The van der Waals surface area contributed by atoms with Crippen LogP contribution in [0.5, 0.6) is 0 Å². The Hall–Kier alpha value is -1.06. The van der Waals surface area contributed by atoms with Gasteiger partial charge in [0.15, 0.2) is 0 Å². The maximum absolute atomic E-state index is 12.8. The molecular weight excluding hydrogens is 252 g/mol. The summed E-state index contributed by atoms with van der Waals surface area (Å²) in [4.78, 5) is 26.6. The molecule has 2 rings (SSSR count). The molecule has 4 nitrogen and oxygen atoms in total. The summed E-state index contributed by atoms with van der Waals surface area (Å²) in [7, 11) is 0. The minimum absolute atomic E-state index is 0.0231. The fourth-order valence-corrected chi connectivity index (χ4v) is 3.58. The number of hydrogen-bond acceptors (Lipinski definition) is 2. The van der Waals surface area contributed by atoms with Gasteiger partial charge >= 0.3 is 0 Å². The van der Waals surface area contributed by atoms with E-state index in [-0.39, 0.29) is 17.9 Å². The Balaban J connectivity index is 2.13. The molecule has 2 fully saturated rings. The predicted octanol–water partition coefficient (Wildman–Crippen LogP) is 2.33.